The van der Waals surface area contributed by atoms with Crippen molar-refractivity contribution in [2.75, 3.05) is 13.2 Å². The Labute approximate surface area is 413 Å². The number of sulfonamides is 2. The van der Waals surface area contributed by atoms with Crippen molar-refractivity contribution in [3.63, 3.8) is 0 Å². The van der Waals surface area contributed by atoms with Crippen LogP contribution in [0.5, 0.6) is 11.8 Å². The number of aryl methyl sites for hydroxylation is 2. The number of hydrogen-bond acceptors (Lipinski definition) is 12. The van der Waals surface area contributed by atoms with E-state index in [0.29, 0.717) is 36.6 Å². The first-order valence-corrected chi connectivity index (χ1v) is 23.1. The van der Waals surface area contributed by atoms with Crippen molar-refractivity contribution >= 4 is 63.5 Å². The van der Waals surface area contributed by atoms with Gasteiger partial charge in [-0.1, -0.05) is 61.3 Å². The number of benzene rings is 2. The largest absolute Gasteiger partial charge is 0.478 e. The molecule has 4 aromatic heterocycles. The van der Waals surface area contributed by atoms with Crippen molar-refractivity contribution in [2.45, 2.75) is 63.2 Å². The maximum absolute atomic E-state index is 12.5. The average Bonchev–Trinajstić information content (AvgIpc) is 4.02. The van der Waals surface area contributed by atoms with Gasteiger partial charge in [0.25, 0.3) is 15.9 Å². The molecule has 2 saturated carbocycles. The van der Waals surface area contributed by atoms with Crippen molar-refractivity contribution in [3.05, 3.63) is 130 Å². The number of aromatic nitrogens is 6. The minimum absolute atomic E-state index is 0. The van der Waals surface area contributed by atoms with Crippen LogP contribution in [0.1, 0.15) is 71.4 Å². The Hall–Kier alpha value is -4.74. The van der Waals surface area contributed by atoms with E-state index in [1.807, 2.05) is 17.7 Å². The van der Waals surface area contributed by atoms with Gasteiger partial charge in [0.15, 0.2) is 11.6 Å². The zero-order valence-electron chi connectivity index (χ0n) is 36.6. The number of carboxylic acid groups (broad SMARTS) is 1. The summed E-state index contributed by atoms with van der Waals surface area (Å²) < 4.78 is 68.1. The fourth-order valence-corrected chi connectivity index (χ4v) is 7.63. The van der Waals surface area contributed by atoms with Crippen molar-refractivity contribution in [2.24, 2.45) is 16.0 Å². The summed E-state index contributed by atoms with van der Waals surface area (Å²) in [5, 5.41) is 22.2. The van der Waals surface area contributed by atoms with E-state index in [1.165, 1.54) is 64.7 Å². The number of carbonyl (C=O) groups is 2. The number of amides is 1. The van der Waals surface area contributed by atoms with Crippen molar-refractivity contribution < 1.29 is 72.1 Å². The molecule has 4 N–H and O–H groups in total. The standard InChI is InChI=1S/C21H21ClN4O4S.C14H14ClN3O3.C7H9NO2S.BH.U/c1-14-4-3-5-15(12-14)31(28,29)25-20(27)16-6-7-17(23-19(16)22)26-11-8-18(24-26)30-13-21(2)9-10-21;1-14(5-6-14)8-21-11-4-7-18(17-11)10-3-2-9(13(19)20)12(15)16-10;1-6-3-2-4-7(5-6)11(8,9)10;;/h3-8,11-12H,9-10,13H2,1-2H3,(H,25,27);2-4,7H,5-6,8H2,1H3,(H,19,20);2-5H,1H3,(H2,8,9,10);1H;/i;;;1D;. The van der Waals surface area contributed by atoms with Gasteiger partial charge in [-0.2, -0.15) is 0 Å². The molecule has 2 aromatic carbocycles. The third-order valence-corrected chi connectivity index (χ3v) is 12.7. The molecule has 2 radical (unpaired) electrons. The van der Waals surface area contributed by atoms with Gasteiger partial charge in [-0.25, -0.2) is 50.8 Å². The zero-order valence-corrected chi connectivity index (χ0v) is 42.9. The molecule has 0 saturated heterocycles. The molecule has 65 heavy (non-hydrogen) atoms. The van der Waals surface area contributed by atoms with Crippen molar-refractivity contribution in [3.8, 4) is 23.4 Å². The molecule has 0 atom stereocenters. The maximum Gasteiger partial charge on any atom is 0.338 e. The Morgan fingerprint density at radius 2 is 1.18 bits per heavy atom. The molecule has 0 unspecified atom stereocenters. The van der Waals surface area contributed by atoms with Crippen LogP contribution in [-0.2, 0) is 20.0 Å². The molecule has 0 aliphatic heterocycles. The predicted molar refractivity (Wildman–Crippen MR) is 241 cm³/mol. The average molecular weight is 1190 g/mol. The summed E-state index contributed by atoms with van der Waals surface area (Å²) in [4.78, 5) is 31.8. The number of primary sulfonamides is 1. The van der Waals surface area contributed by atoms with Gasteiger partial charge in [-0.15, -0.1) is 10.2 Å². The van der Waals surface area contributed by atoms with Gasteiger partial charge in [0, 0.05) is 74.8 Å². The molecule has 17 nitrogen and oxygen atoms in total. The maximum atomic E-state index is 12.5. The van der Waals surface area contributed by atoms with E-state index in [0.717, 1.165) is 24.0 Å². The number of aromatic carboxylic acids is 1. The Bertz CT molecular complexity index is 2900. The van der Waals surface area contributed by atoms with E-state index in [4.69, 9.17) is 44.3 Å². The van der Waals surface area contributed by atoms with Gasteiger partial charge in [-0.3, -0.25) is 4.79 Å². The number of nitrogens with zero attached hydrogens (tertiary/aromatic N) is 6. The van der Waals surface area contributed by atoms with Crippen LogP contribution in [0.3, 0.4) is 0 Å². The summed E-state index contributed by atoms with van der Waals surface area (Å²) in [6, 6.07) is 22.1. The molecule has 23 heteroatoms. The smallest absolute Gasteiger partial charge is 0.338 e. The number of carboxylic acids is 1. The molecule has 0 spiro atoms. The number of halogens is 2. The SMILES string of the molecule is CC1(COc2ccn(-c3ccc(C(=O)O)c(Cl)n3)n2)CC1.Cc1cccc(S(=O)(=O)NC(=O)c2ccc(-n3ccc(OCC4(C)CC4)n3)nc2Cl)c1.Cc1cccc(S(N)(=O)=O)c1.[2H][B].[U]. The Morgan fingerprint density at radius 3 is 1.57 bits per heavy atom. The van der Waals surface area contributed by atoms with Crippen LogP contribution >= 0.6 is 23.2 Å². The van der Waals surface area contributed by atoms with Gasteiger partial charge in [0.05, 0.1) is 34.1 Å². The van der Waals surface area contributed by atoms with Crippen LogP contribution in [0.25, 0.3) is 11.6 Å². The summed E-state index contributed by atoms with van der Waals surface area (Å²) in [5.74, 6) is -0.178. The molecule has 2 aliphatic rings. The molecule has 0 bridgehead atoms. The molecule has 6 aromatic rings. The first-order chi connectivity index (χ1) is 30.6. The predicted octanol–water partition coefficient (Wildman–Crippen LogP) is 6.32. The number of pyridine rings is 2. The van der Waals surface area contributed by atoms with Crippen LogP contribution in [0.15, 0.2) is 107 Å². The van der Waals surface area contributed by atoms with Crippen LogP contribution in [0, 0.1) is 55.8 Å². The Kier molecular flexibility index (Phi) is 17.1. The summed E-state index contributed by atoms with van der Waals surface area (Å²) in [6.45, 7) is 9.17. The normalized spacial score (nSPS) is 14.2. The number of hydrogen-bond donors (Lipinski definition) is 3. The van der Waals surface area contributed by atoms with Crippen LogP contribution < -0.4 is 19.3 Å². The van der Waals surface area contributed by atoms with Crippen LogP contribution in [0.4, 0.5) is 0 Å². The van der Waals surface area contributed by atoms with E-state index in [-0.39, 0.29) is 73.2 Å². The summed E-state index contributed by atoms with van der Waals surface area (Å²) in [7, 11) is -3.81. The summed E-state index contributed by atoms with van der Waals surface area (Å²) in [5.41, 5.74) is 2.07. The van der Waals surface area contributed by atoms with Crippen molar-refractivity contribution in [1.29, 1.82) is 1.34 Å². The van der Waals surface area contributed by atoms with Crippen molar-refractivity contribution in [1.82, 2.24) is 34.3 Å². The monoisotopic (exact) mass is 1190 g/mol. The number of rotatable bonds is 13. The van der Waals surface area contributed by atoms with Crippen LogP contribution in [-0.4, -0.2) is 86.3 Å². The molecular formula is C42H45BCl2N8O9S2U. The Balaban J connectivity index is 0.000000234. The number of ether oxygens (including phenoxy) is 2. The quantitative estimate of drug-likeness (QED) is 0.0849. The van der Waals surface area contributed by atoms with E-state index < -0.39 is 31.9 Å². The summed E-state index contributed by atoms with van der Waals surface area (Å²) >= 11 is 12.0. The van der Waals surface area contributed by atoms with Gasteiger partial charge in [0.2, 0.25) is 21.8 Å². The topological polar surface area (TPSA) is 241 Å². The van der Waals surface area contributed by atoms with Gasteiger partial charge in [-0.05, 0) is 101 Å². The third kappa shape index (κ3) is 14.9. The first-order valence-electron chi connectivity index (χ1n) is 19.9. The minimum atomic E-state index is -4.04. The number of nitrogens with one attached hydrogen (secondary N) is 1. The molecule has 340 valence electrons. The van der Waals surface area contributed by atoms with E-state index >= 15 is 0 Å². The second-order valence-corrected chi connectivity index (χ2v) is 19.8. The number of carbonyl (C=O) groups excluding carboxylic acids is 1. The molecule has 4 heterocycles. The second-order valence-electron chi connectivity index (χ2n) is 15.8. The Morgan fingerprint density at radius 1 is 0.754 bits per heavy atom. The molecule has 8 rings (SSSR count). The molecule has 2 aliphatic carbocycles. The van der Waals surface area contributed by atoms with E-state index in [9.17, 15) is 26.4 Å². The molecule has 1 amide bonds. The fraction of sp³-hybridized carbons (Fsp3) is 0.286. The van der Waals surface area contributed by atoms with Crippen LogP contribution in [0.2, 0.25) is 10.3 Å². The molecule has 2 fully saturated rings. The molecular weight excluding hydrogens is 1140 g/mol. The summed E-state index contributed by atoms with van der Waals surface area (Å²) in [6.07, 6.45) is 8.03. The first kappa shape index (κ1) is 51.2. The third-order valence-electron chi connectivity index (χ3n) is 9.93. The van der Waals surface area contributed by atoms with Gasteiger partial charge in [0.1, 0.15) is 10.3 Å². The second kappa shape index (κ2) is 21.7. The van der Waals surface area contributed by atoms with Gasteiger partial charge < -0.3 is 14.6 Å². The van der Waals surface area contributed by atoms with Gasteiger partial charge >= 0.3 is 5.97 Å². The zero-order chi connectivity index (χ0) is 47.7. The van der Waals surface area contributed by atoms with E-state index in [1.54, 1.807) is 55.7 Å². The fourth-order valence-electron chi connectivity index (χ4n) is 5.48. The van der Waals surface area contributed by atoms with E-state index in [2.05, 4.69) is 42.4 Å². The number of nitrogens with two attached hydrogens (primary N) is 1. The minimum Gasteiger partial charge on any atom is -0.478 e.